The number of carboxylic acids is 1. The molecule has 0 bridgehead atoms. The van der Waals surface area contributed by atoms with Gasteiger partial charge < -0.3 is 9.84 Å². The maximum atomic E-state index is 12.2. The van der Waals surface area contributed by atoms with Crippen molar-refractivity contribution in [3.8, 4) is 0 Å². The minimum Gasteiger partial charge on any atom is -0.481 e. The second-order valence-electron chi connectivity index (χ2n) is 5.99. The molecule has 1 saturated heterocycles. The first-order valence-corrected chi connectivity index (χ1v) is 9.36. The van der Waals surface area contributed by atoms with E-state index in [9.17, 15) is 18.3 Å². The highest BCUT2D eigenvalue weighted by Gasteiger charge is 2.30. The molecule has 1 atom stereocenters. The van der Waals surface area contributed by atoms with Crippen LogP contribution in [-0.2, 0) is 25.3 Å². The molecule has 2 N–H and O–H groups in total. The lowest BCUT2D eigenvalue weighted by molar-refractivity contribution is -0.144. The molecule has 1 aromatic carbocycles. The summed E-state index contributed by atoms with van der Waals surface area (Å²) in [5.41, 5.74) is 1.74. The van der Waals surface area contributed by atoms with Gasteiger partial charge in [0.25, 0.3) is 0 Å². The summed E-state index contributed by atoms with van der Waals surface area (Å²) in [7, 11) is -3.56. The molecule has 2 rings (SSSR count). The van der Waals surface area contributed by atoms with Crippen LogP contribution in [0.25, 0.3) is 0 Å². The van der Waals surface area contributed by atoms with Gasteiger partial charge in [0.2, 0.25) is 10.0 Å². The number of benzene rings is 1. The number of aryl methyl sites for hydroxylation is 1. The van der Waals surface area contributed by atoms with Gasteiger partial charge in [0, 0.05) is 19.8 Å². The fourth-order valence-electron chi connectivity index (χ4n) is 2.75. The average molecular weight is 341 g/mol. The Labute approximate surface area is 136 Å². The summed E-state index contributed by atoms with van der Waals surface area (Å²) in [5, 5.41) is 9.37. The monoisotopic (exact) mass is 341 g/mol. The molecule has 1 heterocycles. The molecular weight excluding hydrogens is 318 g/mol. The molecule has 23 heavy (non-hydrogen) atoms. The molecular formula is C16H23NO5S. The molecule has 7 heteroatoms. The van der Waals surface area contributed by atoms with Crippen LogP contribution in [0.2, 0.25) is 0 Å². The zero-order valence-corrected chi connectivity index (χ0v) is 14.0. The molecule has 1 unspecified atom stereocenters. The Hall–Kier alpha value is -1.44. The third-order valence-corrected chi connectivity index (χ3v) is 5.47. The number of hydrogen-bond donors (Lipinski definition) is 2. The van der Waals surface area contributed by atoms with Crippen molar-refractivity contribution in [2.24, 2.45) is 11.8 Å². The lowest BCUT2D eigenvalue weighted by Crippen LogP contribution is -2.39. The Morgan fingerprint density at radius 1 is 1.30 bits per heavy atom. The second kappa shape index (κ2) is 7.90. The summed E-state index contributed by atoms with van der Waals surface area (Å²) < 4.78 is 32.0. The predicted molar refractivity (Wildman–Crippen MR) is 86.5 cm³/mol. The zero-order chi connectivity index (χ0) is 16.9. The summed E-state index contributed by atoms with van der Waals surface area (Å²) in [4.78, 5) is 11.4. The van der Waals surface area contributed by atoms with Gasteiger partial charge in [0.1, 0.15) is 0 Å². The normalized spacial score (nSPS) is 17.8. The smallest absolute Gasteiger partial charge is 0.308 e. The summed E-state index contributed by atoms with van der Waals surface area (Å²) in [6, 6.07) is 7.24. The van der Waals surface area contributed by atoms with Crippen LogP contribution in [-0.4, -0.2) is 39.3 Å². The van der Waals surface area contributed by atoms with Crippen molar-refractivity contribution in [1.29, 1.82) is 0 Å². The quantitative estimate of drug-likeness (QED) is 0.785. The summed E-state index contributed by atoms with van der Waals surface area (Å²) in [6.07, 6.45) is 1.30. The van der Waals surface area contributed by atoms with Crippen molar-refractivity contribution in [3.63, 3.8) is 0 Å². The highest BCUT2D eigenvalue weighted by Crippen LogP contribution is 2.24. The Morgan fingerprint density at radius 3 is 2.48 bits per heavy atom. The van der Waals surface area contributed by atoms with Gasteiger partial charge in [-0.3, -0.25) is 4.79 Å². The Balaban J connectivity index is 1.95. The van der Waals surface area contributed by atoms with E-state index >= 15 is 0 Å². The van der Waals surface area contributed by atoms with Crippen LogP contribution in [0.4, 0.5) is 0 Å². The number of carboxylic acid groups (broad SMARTS) is 1. The van der Waals surface area contributed by atoms with E-state index < -0.39 is 21.9 Å². The first kappa shape index (κ1) is 17.9. The van der Waals surface area contributed by atoms with E-state index in [1.165, 1.54) is 0 Å². The maximum Gasteiger partial charge on any atom is 0.308 e. The highest BCUT2D eigenvalue weighted by molar-refractivity contribution is 7.88. The largest absolute Gasteiger partial charge is 0.481 e. The number of sulfonamides is 1. The van der Waals surface area contributed by atoms with E-state index in [2.05, 4.69) is 4.72 Å². The van der Waals surface area contributed by atoms with Crippen LogP contribution in [0.5, 0.6) is 0 Å². The molecule has 0 saturated carbocycles. The van der Waals surface area contributed by atoms with E-state index in [1.807, 2.05) is 19.1 Å². The first-order valence-electron chi connectivity index (χ1n) is 7.71. The number of hydrogen-bond acceptors (Lipinski definition) is 4. The van der Waals surface area contributed by atoms with Crippen LogP contribution in [0.3, 0.4) is 0 Å². The van der Waals surface area contributed by atoms with Gasteiger partial charge in [-0.25, -0.2) is 13.1 Å². The van der Waals surface area contributed by atoms with Gasteiger partial charge in [0.15, 0.2) is 0 Å². The molecule has 0 aliphatic carbocycles. The van der Waals surface area contributed by atoms with E-state index in [-0.39, 0.29) is 18.2 Å². The van der Waals surface area contributed by atoms with Gasteiger partial charge in [-0.1, -0.05) is 29.8 Å². The van der Waals surface area contributed by atoms with Crippen LogP contribution in [0.15, 0.2) is 24.3 Å². The Kier molecular flexibility index (Phi) is 6.15. The minimum absolute atomic E-state index is 0.0525. The zero-order valence-electron chi connectivity index (χ0n) is 13.2. The van der Waals surface area contributed by atoms with Crippen LogP contribution in [0, 0.1) is 18.8 Å². The number of nitrogens with one attached hydrogen (secondary N) is 1. The Morgan fingerprint density at radius 2 is 1.91 bits per heavy atom. The van der Waals surface area contributed by atoms with Gasteiger partial charge in [-0.2, -0.15) is 0 Å². The molecule has 0 amide bonds. The molecule has 1 fully saturated rings. The molecule has 1 aromatic rings. The van der Waals surface area contributed by atoms with Gasteiger partial charge in [-0.15, -0.1) is 0 Å². The lowest BCUT2D eigenvalue weighted by Gasteiger charge is -2.27. The summed E-state index contributed by atoms with van der Waals surface area (Å²) >= 11 is 0. The van der Waals surface area contributed by atoms with Crippen molar-refractivity contribution >= 4 is 16.0 Å². The predicted octanol–water partition coefficient (Wildman–Crippen LogP) is 1.54. The fourth-order valence-corrected chi connectivity index (χ4v) is 3.91. The average Bonchev–Trinajstić information content (AvgIpc) is 2.50. The second-order valence-corrected chi connectivity index (χ2v) is 7.79. The molecule has 128 valence electrons. The minimum atomic E-state index is -3.56. The third-order valence-electron chi connectivity index (χ3n) is 4.15. The summed E-state index contributed by atoms with van der Waals surface area (Å²) in [5.74, 6) is -1.88. The van der Waals surface area contributed by atoms with Crippen LogP contribution in [0.1, 0.15) is 24.0 Å². The molecule has 0 radical (unpaired) electrons. The number of ether oxygens (including phenoxy) is 1. The topological polar surface area (TPSA) is 92.7 Å². The number of carbonyl (C=O) groups is 1. The lowest BCUT2D eigenvalue weighted by atomic mass is 9.86. The van der Waals surface area contributed by atoms with Crippen molar-refractivity contribution in [1.82, 2.24) is 4.72 Å². The SMILES string of the molecule is Cc1ccc(CS(=O)(=O)NCC(C(=O)O)C2CCOCC2)cc1. The van der Waals surface area contributed by atoms with Crippen LogP contribution >= 0.6 is 0 Å². The molecule has 6 nitrogen and oxygen atoms in total. The Bertz CT molecular complexity index is 620. The first-order chi connectivity index (χ1) is 10.9. The van der Waals surface area contributed by atoms with Gasteiger partial charge in [0.05, 0.1) is 11.7 Å². The van der Waals surface area contributed by atoms with E-state index in [0.717, 1.165) is 5.56 Å². The molecule has 0 spiro atoms. The maximum absolute atomic E-state index is 12.2. The van der Waals surface area contributed by atoms with Crippen LogP contribution < -0.4 is 4.72 Å². The van der Waals surface area contributed by atoms with Crippen molar-refractivity contribution in [2.75, 3.05) is 19.8 Å². The molecule has 1 aliphatic heterocycles. The third kappa shape index (κ3) is 5.60. The van der Waals surface area contributed by atoms with Crippen molar-refractivity contribution in [2.45, 2.75) is 25.5 Å². The van der Waals surface area contributed by atoms with Gasteiger partial charge in [-0.05, 0) is 31.2 Å². The summed E-state index contributed by atoms with van der Waals surface area (Å²) in [6.45, 7) is 2.92. The number of rotatable bonds is 7. The van der Waals surface area contributed by atoms with E-state index in [4.69, 9.17) is 4.74 Å². The number of aliphatic carboxylic acids is 1. The standard InChI is InChI=1S/C16H23NO5S/c1-12-2-4-13(5-3-12)11-23(20,21)17-10-15(16(18)19)14-6-8-22-9-7-14/h2-5,14-15,17H,6-11H2,1H3,(H,18,19). The fraction of sp³-hybridized carbons (Fsp3) is 0.562. The van der Waals surface area contributed by atoms with E-state index in [0.29, 0.717) is 31.6 Å². The van der Waals surface area contributed by atoms with Gasteiger partial charge >= 0.3 is 5.97 Å². The molecule has 1 aliphatic rings. The van der Waals surface area contributed by atoms with E-state index in [1.54, 1.807) is 12.1 Å². The molecule has 0 aromatic heterocycles. The van der Waals surface area contributed by atoms with Crippen molar-refractivity contribution in [3.05, 3.63) is 35.4 Å². The highest BCUT2D eigenvalue weighted by atomic mass is 32.2. The van der Waals surface area contributed by atoms with Crippen molar-refractivity contribution < 1.29 is 23.1 Å².